The Morgan fingerprint density at radius 1 is 0.268 bits per heavy atom. The highest BCUT2D eigenvalue weighted by Crippen LogP contribution is 2.48. The van der Waals surface area contributed by atoms with Gasteiger partial charge in [-0.25, -0.2) is 49.9 Å². The number of fused-ring (bicyclic) bond motifs is 10. The Labute approximate surface area is 639 Å². The number of hydrogen-bond acceptors (Lipinski definition) is 13. The van der Waals surface area contributed by atoms with Crippen LogP contribution in [-0.4, -0.2) is 51.9 Å². The number of hydrogen-bond donors (Lipinski definition) is 0. The molecule has 0 aliphatic heterocycles. The Kier molecular flexibility index (Phi) is 15.8. The second-order valence-electron chi connectivity index (χ2n) is 27.4. The van der Waals surface area contributed by atoms with E-state index in [-0.39, 0.29) is 0 Å². The van der Waals surface area contributed by atoms with Crippen LogP contribution in [0.2, 0.25) is 0 Å². The first-order chi connectivity index (χ1) is 55.4. The van der Waals surface area contributed by atoms with Gasteiger partial charge in [-0.1, -0.05) is 249 Å². The Hall–Kier alpha value is -15.5. The molecular weight excluding hydrogens is 1380 g/mol. The number of para-hydroxylation sites is 2. The minimum Gasteiger partial charge on any atom is -0.462 e. The van der Waals surface area contributed by atoms with Gasteiger partial charge < -0.3 is 17.7 Å². The van der Waals surface area contributed by atoms with Gasteiger partial charge in [0, 0.05) is 94.2 Å². The van der Waals surface area contributed by atoms with E-state index < -0.39 is 0 Å². The molecule has 7 aromatic heterocycles. The molecule has 0 saturated carbocycles. The van der Waals surface area contributed by atoms with E-state index in [0.717, 1.165) is 132 Å². The quantitative estimate of drug-likeness (QED) is 0.0743. The number of rotatable bonds is 14. The van der Waals surface area contributed by atoms with Crippen molar-refractivity contribution in [2.75, 3.05) is 0 Å². The third kappa shape index (κ3) is 11.9. The van der Waals surface area contributed by atoms with Crippen molar-refractivity contribution in [3.63, 3.8) is 0 Å². The van der Waals surface area contributed by atoms with E-state index in [1.165, 1.54) is 0 Å². The van der Waals surface area contributed by atoms with Gasteiger partial charge in [-0.15, -0.1) is 0 Å². The number of furan rings is 4. The number of aromatic nitrogens is 8. The lowest BCUT2D eigenvalue weighted by atomic mass is 9.91. The fraction of sp³-hybridized carbons (Fsp3) is 0. The lowest BCUT2D eigenvalue weighted by Crippen LogP contribution is -2.00. The van der Waals surface area contributed by atoms with Crippen LogP contribution in [0.3, 0.4) is 0 Å². The second kappa shape index (κ2) is 27.4. The summed E-state index contributed by atoms with van der Waals surface area (Å²) in [5, 5.41) is 5.26. The number of nitrogens with zero attached hydrogens (tertiary/aromatic N) is 10. The van der Waals surface area contributed by atoms with E-state index in [0.29, 0.717) is 91.4 Å². The van der Waals surface area contributed by atoms with Crippen molar-refractivity contribution < 1.29 is 17.7 Å². The van der Waals surface area contributed by atoms with Crippen molar-refractivity contribution in [3.05, 3.63) is 357 Å². The van der Waals surface area contributed by atoms with Gasteiger partial charge in [0.2, 0.25) is 0 Å². The summed E-state index contributed by atoms with van der Waals surface area (Å²) < 4.78 is 26.7. The van der Waals surface area contributed by atoms with Crippen LogP contribution in [-0.2, 0) is 0 Å². The molecule has 0 amide bonds. The molecule has 0 bridgehead atoms. The third-order valence-corrected chi connectivity index (χ3v) is 20.4. The molecule has 0 saturated heterocycles. The average Bonchev–Trinajstić information content (AvgIpc) is 1.55. The van der Waals surface area contributed by atoms with Crippen LogP contribution in [0.4, 0.5) is 5.69 Å². The van der Waals surface area contributed by atoms with Gasteiger partial charge in [-0.2, -0.15) is 0 Å². The summed E-state index contributed by atoms with van der Waals surface area (Å²) in [6.07, 6.45) is 3.48. The molecule has 14 heteroatoms. The maximum absolute atomic E-state index is 7.35. The van der Waals surface area contributed by atoms with Gasteiger partial charge in [-0.3, -0.25) is 0 Å². The lowest BCUT2D eigenvalue weighted by Gasteiger charge is -2.14. The highest BCUT2D eigenvalue weighted by molar-refractivity contribution is 6.20. The van der Waals surface area contributed by atoms with E-state index in [9.17, 15) is 0 Å². The molecule has 21 aromatic rings. The molecule has 524 valence electrons. The molecule has 0 aliphatic rings. The fourth-order valence-electron chi connectivity index (χ4n) is 15.0. The molecule has 0 N–H and O–H groups in total. The topological polar surface area (TPSA) is 180 Å². The smallest absolute Gasteiger partial charge is 0.180 e. The maximum atomic E-state index is 7.35. The van der Waals surface area contributed by atoms with Crippen LogP contribution >= 0.6 is 0 Å². The van der Waals surface area contributed by atoms with Crippen molar-refractivity contribution in [2.24, 2.45) is 9.98 Å². The fourth-order valence-corrected chi connectivity index (χ4v) is 15.0. The van der Waals surface area contributed by atoms with E-state index >= 15 is 0 Å². The van der Waals surface area contributed by atoms with Crippen LogP contribution in [0, 0.1) is 0 Å². The number of amidine groups is 1. The molecule has 7 heterocycles. The zero-order valence-electron chi connectivity index (χ0n) is 59.6. The Balaban J connectivity index is 0.688. The van der Waals surface area contributed by atoms with Crippen molar-refractivity contribution in [1.82, 2.24) is 39.9 Å². The first-order valence-electron chi connectivity index (χ1n) is 36.8. The van der Waals surface area contributed by atoms with Gasteiger partial charge in [-0.05, 0) is 124 Å². The molecule has 0 fully saturated rings. The van der Waals surface area contributed by atoms with Gasteiger partial charge in [0.1, 0.15) is 56.7 Å². The van der Waals surface area contributed by atoms with E-state index in [1.54, 1.807) is 6.26 Å². The molecule has 112 heavy (non-hydrogen) atoms. The van der Waals surface area contributed by atoms with Gasteiger partial charge in [0.25, 0.3) is 0 Å². The Bertz CT molecular complexity index is 7320. The Morgan fingerprint density at radius 2 is 0.741 bits per heavy atom. The zero-order chi connectivity index (χ0) is 74.0. The molecule has 0 aliphatic carbocycles. The molecule has 14 aromatic carbocycles. The van der Waals surface area contributed by atoms with Gasteiger partial charge in [0.05, 0.1) is 0 Å². The summed E-state index contributed by atoms with van der Waals surface area (Å²) in [6.45, 7) is 0. The monoisotopic (exact) mass is 1440 g/mol. The van der Waals surface area contributed by atoms with Crippen molar-refractivity contribution >= 4 is 94.7 Å². The van der Waals surface area contributed by atoms with Crippen LogP contribution in [0.1, 0.15) is 11.1 Å². The SMILES string of the molecule is C(=NC(=Nc1coc2ccccc12)c1ccccc1)c1ccc2c(c1)oc1ccc(-c3nc(-c4ccccc4)nc(-c4cccc(-c5ccccc5-c5ccc(-c6nc(-c7ccccc7)nc7c6oc6ccccc67)c6c5oc5ccc(-c7nc(-c8ccccc8)nc(-c8cccc(-c9ccccc9)c8)n7)cc56)c4)n3)cc12. The number of benzene rings is 14. The minimum atomic E-state index is 0.494. The standard InChI is InChI=1S/C98H58N10O4/c1-6-24-60(25-7-1)65-34-22-36-67(53-65)95-103-93(63-30-12-4-13-31-63)106-98(107-95)70-46-51-84-79(56-70)86-77(88-90-87(76-41-19-21-43-82(76)112-90)101-92(102-88)62-28-10-3-11-29-62)49-48-74(89(86)111-84)72-39-17-16-38-71(72)66-35-23-37-68(54-66)96-104-94(64-32-14-5-15-33-64)105-97(108-96)69-45-50-83-78(55-69)73-47-44-59(52-85(73)110-83)57-99-91(61-26-8-2-9-27-61)100-80-58-109-81-42-20-18-40-75(80)81/h1-58H. The predicted octanol–water partition coefficient (Wildman–Crippen LogP) is 24.8. The molecule has 21 rings (SSSR count). The molecule has 0 unspecified atom stereocenters. The average molecular weight is 1440 g/mol. The summed E-state index contributed by atoms with van der Waals surface area (Å²) >= 11 is 0. The second-order valence-corrected chi connectivity index (χ2v) is 27.4. The van der Waals surface area contributed by atoms with Crippen LogP contribution in [0.5, 0.6) is 0 Å². The first-order valence-corrected chi connectivity index (χ1v) is 36.8. The molecule has 0 atom stereocenters. The summed E-state index contributed by atoms with van der Waals surface area (Å²) in [7, 11) is 0. The van der Waals surface area contributed by atoms with Gasteiger partial charge >= 0.3 is 0 Å². The van der Waals surface area contributed by atoms with Crippen molar-refractivity contribution in [2.45, 2.75) is 0 Å². The predicted molar refractivity (Wildman–Crippen MR) is 447 cm³/mol. The normalized spacial score (nSPS) is 11.9. The molecule has 0 radical (unpaired) electrons. The largest absolute Gasteiger partial charge is 0.462 e. The minimum absolute atomic E-state index is 0.494. The highest BCUT2D eigenvalue weighted by Gasteiger charge is 2.27. The number of aliphatic imine (C=N–C) groups is 2. The zero-order valence-corrected chi connectivity index (χ0v) is 59.6. The van der Waals surface area contributed by atoms with Crippen molar-refractivity contribution in [1.29, 1.82) is 0 Å². The summed E-state index contributed by atoms with van der Waals surface area (Å²) in [5.74, 6) is 4.22. The third-order valence-electron chi connectivity index (χ3n) is 20.4. The van der Waals surface area contributed by atoms with Crippen LogP contribution in [0.15, 0.2) is 374 Å². The van der Waals surface area contributed by atoms with Gasteiger partial charge in [0.15, 0.2) is 52.2 Å². The van der Waals surface area contributed by atoms with E-state index in [4.69, 9.17) is 67.5 Å². The summed E-state index contributed by atoms with van der Waals surface area (Å²) in [6, 6.07) is 114. The first kappa shape index (κ1) is 64.8. The lowest BCUT2D eigenvalue weighted by molar-refractivity contribution is 0.616. The highest BCUT2D eigenvalue weighted by atomic mass is 16.3. The maximum Gasteiger partial charge on any atom is 0.180 e. The van der Waals surface area contributed by atoms with E-state index in [2.05, 4.69) is 103 Å². The van der Waals surface area contributed by atoms with Crippen LogP contribution in [0.25, 0.3) is 201 Å². The Morgan fingerprint density at radius 3 is 1.39 bits per heavy atom. The molecular formula is C98H58N10O4. The molecule has 0 spiro atoms. The summed E-state index contributed by atoms with van der Waals surface area (Å²) in [4.78, 5) is 52.2. The van der Waals surface area contributed by atoms with Crippen LogP contribution < -0.4 is 0 Å². The van der Waals surface area contributed by atoms with E-state index in [1.807, 2.05) is 243 Å². The molecule has 14 nitrogen and oxygen atoms in total. The summed E-state index contributed by atoms with van der Waals surface area (Å²) in [5.41, 5.74) is 20.8. The van der Waals surface area contributed by atoms with Crippen molar-refractivity contribution in [3.8, 4) is 124 Å².